The number of carboxylic acids is 1. The molecule has 14 heavy (non-hydrogen) atoms. The summed E-state index contributed by atoms with van der Waals surface area (Å²) in [5, 5.41) is 8.81. The first-order valence-electron chi connectivity index (χ1n) is 4.40. The number of nitrogens with zero attached hydrogens (tertiary/aromatic N) is 1. The number of carboxylic acid groups (broad SMARTS) is 1. The number of fused-ring (bicyclic) bond motifs is 1. The molecule has 0 aliphatic heterocycles. The number of nitrogen functional groups attached to an aromatic ring is 1. The maximum Gasteiger partial charge on any atom is 0.344 e. The zero-order valence-corrected chi connectivity index (χ0v) is 7.49. The highest BCUT2D eigenvalue weighted by molar-refractivity contribution is 5.70. The summed E-state index contributed by atoms with van der Waals surface area (Å²) in [6.07, 6.45) is 1.45. The maximum absolute atomic E-state index is 11.1. The molecule has 1 aliphatic rings. The molecular weight excluding hydrogens is 186 g/mol. The lowest BCUT2D eigenvalue weighted by Crippen LogP contribution is -2.28. The fourth-order valence-corrected chi connectivity index (χ4v) is 1.84. The molecule has 0 aromatic carbocycles. The zero-order valence-electron chi connectivity index (χ0n) is 7.49. The summed E-state index contributed by atoms with van der Waals surface area (Å²) in [6.45, 7) is 0. The molecule has 0 radical (unpaired) electrons. The van der Waals surface area contributed by atoms with E-state index in [4.69, 9.17) is 10.9 Å². The van der Waals surface area contributed by atoms with Gasteiger partial charge in [0.2, 0.25) is 0 Å². The molecule has 1 aromatic heterocycles. The molecule has 76 valence electrons. The summed E-state index contributed by atoms with van der Waals surface area (Å²) >= 11 is 0. The Morgan fingerprint density at radius 1 is 1.64 bits per heavy atom. The Bertz CT molecular complexity index is 432. The average Bonchev–Trinajstić information content (AvgIpc) is 2.42. The van der Waals surface area contributed by atoms with Crippen LogP contribution in [0.5, 0.6) is 0 Å². The molecule has 1 aromatic rings. The van der Waals surface area contributed by atoms with Crippen molar-refractivity contribution in [2.45, 2.75) is 19.3 Å². The van der Waals surface area contributed by atoms with Crippen molar-refractivity contribution in [1.82, 2.24) is 9.66 Å². The van der Waals surface area contributed by atoms with E-state index < -0.39 is 11.9 Å². The van der Waals surface area contributed by atoms with Crippen molar-refractivity contribution in [3.05, 3.63) is 21.9 Å². The van der Waals surface area contributed by atoms with Crippen LogP contribution in [0.25, 0.3) is 0 Å². The van der Waals surface area contributed by atoms with Crippen LogP contribution >= 0.6 is 0 Å². The topological polar surface area (TPSA) is 101 Å². The maximum atomic E-state index is 11.1. The van der Waals surface area contributed by atoms with Gasteiger partial charge in [-0.15, -0.1) is 0 Å². The van der Waals surface area contributed by atoms with Gasteiger partial charge in [0, 0.05) is 12.1 Å². The first-order chi connectivity index (χ1) is 6.59. The summed E-state index contributed by atoms with van der Waals surface area (Å²) in [7, 11) is 0. The van der Waals surface area contributed by atoms with Gasteiger partial charge in [0.1, 0.15) is 0 Å². The average molecular weight is 197 g/mol. The van der Waals surface area contributed by atoms with E-state index in [0.29, 0.717) is 25.0 Å². The quantitative estimate of drug-likeness (QED) is 0.507. The highest BCUT2D eigenvalue weighted by atomic mass is 16.4. The summed E-state index contributed by atoms with van der Waals surface area (Å²) in [5.74, 6) is 4.25. The monoisotopic (exact) mass is 197 g/mol. The zero-order chi connectivity index (χ0) is 10.3. The number of nitrogens with one attached hydrogen (secondary N) is 1. The van der Waals surface area contributed by atoms with Crippen LogP contribution in [0.4, 0.5) is 0 Å². The molecule has 0 saturated carbocycles. The van der Waals surface area contributed by atoms with Gasteiger partial charge >= 0.3 is 11.7 Å². The Kier molecular flexibility index (Phi) is 1.83. The second kappa shape index (κ2) is 2.90. The first-order valence-corrected chi connectivity index (χ1v) is 4.40. The molecule has 0 spiro atoms. The molecule has 0 saturated heterocycles. The van der Waals surface area contributed by atoms with Gasteiger partial charge in [-0.1, -0.05) is 0 Å². The van der Waals surface area contributed by atoms with Crippen LogP contribution in [0.15, 0.2) is 4.79 Å². The fraction of sp³-hybridized carbons (Fsp3) is 0.500. The van der Waals surface area contributed by atoms with Crippen LogP contribution in [0, 0.1) is 5.92 Å². The number of imidazole rings is 1. The van der Waals surface area contributed by atoms with Crippen molar-refractivity contribution in [3.8, 4) is 0 Å². The van der Waals surface area contributed by atoms with Crippen LogP contribution in [0.1, 0.15) is 17.8 Å². The van der Waals surface area contributed by atoms with Gasteiger partial charge < -0.3 is 15.9 Å². The van der Waals surface area contributed by atoms with E-state index in [0.717, 1.165) is 10.4 Å². The number of aromatic amines is 1. The number of carbonyl (C=O) groups is 1. The molecule has 1 heterocycles. The molecule has 1 unspecified atom stereocenters. The molecule has 0 fully saturated rings. The molecule has 6 heteroatoms. The van der Waals surface area contributed by atoms with Gasteiger partial charge in [-0.2, -0.15) is 0 Å². The summed E-state index contributed by atoms with van der Waals surface area (Å²) < 4.78 is 1.06. The predicted octanol–water partition coefficient (Wildman–Crippen LogP) is -0.920. The molecule has 1 aliphatic carbocycles. The van der Waals surface area contributed by atoms with E-state index in [1.165, 1.54) is 0 Å². The van der Waals surface area contributed by atoms with Crippen molar-refractivity contribution in [3.63, 3.8) is 0 Å². The normalized spacial score (nSPS) is 20.4. The lowest BCUT2D eigenvalue weighted by atomic mass is 9.90. The van der Waals surface area contributed by atoms with Gasteiger partial charge in [-0.25, -0.2) is 9.47 Å². The third-order valence-corrected chi connectivity index (χ3v) is 2.65. The molecular formula is C8H11N3O3. The highest BCUT2D eigenvalue weighted by Crippen LogP contribution is 2.22. The molecule has 2 rings (SSSR count). The van der Waals surface area contributed by atoms with Gasteiger partial charge in [0.05, 0.1) is 11.6 Å². The van der Waals surface area contributed by atoms with Crippen molar-refractivity contribution in [2.75, 3.05) is 5.84 Å². The van der Waals surface area contributed by atoms with Crippen molar-refractivity contribution < 1.29 is 9.90 Å². The minimum absolute atomic E-state index is 0.365. The minimum atomic E-state index is -0.818. The van der Waals surface area contributed by atoms with E-state index in [9.17, 15) is 9.59 Å². The second-order valence-electron chi connectivity index (χ2n) is 3.50. The Morgan fingerprint density at radius 2 is 2.36 bits per heavy atom. The van der Waals surface area contributed by atoms with E-state index in [2.05, 4.69) is 4.98 Å². The van der Waals surface area contributed by atoms with Crippen molar-refractivity contribution in [2.24, 2.45) is 5.92 Å². The molecule has 0 amide bonds. The van der Waals surface area contributed by atoms with Crippen LogP contribution in [0.2, 0.25) is 0 Å². The van der Waals surface area contributed by atoms with Crippen LogP contribution in [0.3, 0.4) is 0 Å². The molecule has 6 nitrogen and oxygen atoms in total. The van der Waals surface area contributed by atoms with Gasteiger partial charge in [0.25, 0.3) is 0 Å². The molecule has 4 N–H and O–H groups in total. The van der Waals surface area contributed by atoms with Crippen LogP contribution < -0.4 is 11.5 Å². The Hall–Kier alpha value is -1.72. The Labute approximate surface area is 79.3 Å². The summed E-state index contributed by atoms with van der Waals surface area (Å²) in [5.41, 5.74) is 1.02. The number of H-pyrrole nitrogens is 1. The minimum Gasteiger partial charge on any atom is -0.481 e. The Morgan fingerprint density at radius 3 is 3.00 bits per heavy atom. The summed E-state index contributed by atoms with van der Waals surface area (Å²) in [6, 6.07) is 0. The van der Waals surface area contributed by atoms with Gasteiger partial charge in [0.15, 0.2) is 0 Å². The van der Waals surface area contributed by atoms with Crippen LogP contribution in [-0.2, 0) is 17.6 Å². The number of rotatable bonds is 1. The Balaban J connectivity index is 2.36. The molecule has 1 atom stereocenters. The SMILES string of the molecule is Nn1c2c([nH]c1=O)CC(C(=O)O)CC2. The fourth-order valence-electron chi connectivity index (χ4n) is 1.84. The third kappa shape index (κ3) is 1.19. The summed E-state index contributed by atoms with van der Waals surface area (Å²) in [4.78, 5) is 24.4. The number of hydrogen-bond donors (Lipinski definition) is 3. The van der Waals surface area contributed by atoms with E-state index in [-0.39, 0.29) is 5.69 Å². The molecule has 0 bridgehead atoms. The number of aliphatic carboxylic acids is 1. The number of aromatic nitrogens is 2. The third-order valence-electron chi connectivity index (χ3n) is 2.65. The standard InChI is InChI=1S/C8H11N3O3/c9-11-6-2-1-4(7(12)13)3-5(6)10-8(11)14/h4H,1-3,9H2,(H,10,14)(H,12,13). The van der Waals surface area contributed by atoms with E-state index >= 15 is 0 Å². The predicted molar refractivity (Wildman–Crippen MR) is 48.4 cm³/mol. The van der Waals surface area contributed by atoms with E-state index in [1.807, 2.05) is 0 Å². The van der Waals surface area contributed by atoms with E-state index in [1.54, 1.807) is 0 Å². The lowest BCUT2D eigenvalue weighted by Gasteiger charge is -2.17. The van der Waals surface area contributed by atoms with Crippen molar-refractivity contribution >= 4 is 5.97 Å². The van der Waals surface area contributed by atoms with Crippen LogP contribution in [-0.4, -0.2) is 20.7 Å². The smallest absolute Gasteiger partial charge is 0.344 e. The van der Waals surface area contributed by atoms with Gasteiger partial charge in [-0.3, -0.25) is 4.79 Å². The lowest BCUT2D eigenvalue weighted by molar-refractivity contribution is -0.142. The van der Waals surface area contributed by atoms with Gasteiger partial charge in [-0.05, 0) is 12.8 Å². The first kappa shape index (κ1) is 8.86. The number of nitrogens with two attached hydrogens (primary N) is 1. The largest absolute Gasteiger partial charge is 0.481 e. The second-order valence-corrected chi connectivity index (χ2v) is 3.50. The highest BCUT2D eigenvalue weighted by Gasteiger charge is 2.27. The number of hydrogen-bond acceptors (Lipinski definition) is 3. The van der Waals surface area contributed by atoms with Crippen molar-refractivity contribution in [1.29, 1.82) is 0 Å².